The minimum atomic E-state index is -0.919. The molecule has 0 saturated heterocycles. The molecule has 0 fully saturated rings. The van der Waals surface area contributed by atoms with Crippen molar-refractivity contribution in [1.82, 2.24) is 19.7 Å². The van der Waals surface area contributed by atoms with E-state index >= 15 is 0 Å². The summed E-state index contributed by atoms with van der Waals surface area (Å²) in [4.78, 5) is 19.9. The molecular formula is C22H21N5O4. The van der Waals surface area contributed by atoms with Crippen molar-refractivity contribution >= 4 is 11.8 Å². The highest BCUT2D eigenvalue weighted by Gasteiger charge is 2.21. The fraction of sp³-hybridized carbons (Fsp3) is 0.182. The van der Waals surface area contributed by atoms with Crippen LogP contribution in [0, 0.1) is 0 Å². The van der Waals surface area contributed by atoms with E-state index in [4.69, 9.17) is 15.0 Å². The van der Waals surface area contributed by atoms with Crippen LogP contribution in [0.5, 0.6) is 5.75 Å². The maximum Gasteiger partial charge on any atom is 0.304 e. The van der Waals surface area contributed by atoms with Crippen molar-refractivity contribution < 1.29 is 19.2 Å². The summed E-state index contributed by atoms with van der Waals surface area (Å²) in [5.74, 6) is 0.439. The van der Waals surface area contributed by atoms with Crippen LogP contribution in [0.4, 0.5) is 5.82 Å². The number of nitrogen functional groups attached to an aromatic ring is 1. The highest BCUT2D eigenvalue weighted by molar-refractivity contribution is 5.68. The number of carbonyl (C=O) groups is 1. The second kappa shape index (κ2) is 8.70. The Morgan fingerprint density at radius 3 is 2.71 bits per heavy atom. The third-order valence-corrected chi connectivity index (χ3v) is 4.88. The van der Waals surface area contributed by atoms with Crippen molar-refractivity contribution in [1.29, 1.82) is 0 Å². The van der Waals surface area contributed by atoms with E-state index in [9.17, 15) is 9.90 Å². The summed E-state index contributed by atoms with van der Waals surface area (Å²) in [6.07, 6.45) is 4.94. The Labute approximate surface area is 178 Å². The summed E-state index contributed by atoms with van der Waals surface area (Å²) < 4.78 is 12.5. The van der Waals surface area contributed by atoms with Crippen LogP contribution < -0.4 is 10.5 Å². The number of anilines is 1. The molecule has 31 heavy (non-hydrogen) atoms. The molecule has 9 nitrogen and oxygen atoms in total. The Balaban J connectivity index is 1.52. The first-order chi connectivity index (χ1) is 15.0. The largest absolute Gasteiger partial charge is 0.497 e. The quantitative estimate of drug-likeness (QED) is 0.445. The van der Waals surface area contributed by atoms with Crippen LogP contribution in [0.25, 0.3) is 11.3 Å². The summed E-state index contributed by atoms with van der Waals surface area (Å²) in [7, 11) is 1.62. The van der Waals surface area contributed by atoms with Gasteiger partial charge in [0.05, 0.1) is 32.1 Å². The topological polar surface area (TPSA) is 129 Å². The van der Waals surface area contributed by atoms with Gasteiger partial charge in [-0.2, -0.15) is 0 Å². The van der Waals surface area contributed by atoms with Crippen LogP contribution in [0.3, 0.4) is 0 Å². The first-order valence-corrected chi connectivity index (χ1v) is 9.56. The Morgan fingerprint density at radius 2 is 2.03 bits per heavy atom. The fourth-order valence-electron chi connectivity index (χ4n) is 3.30. The zero-order valence-corrected chi connectivity index (χ0v) is 16.8. The number of rotatable bonds is 8. The molecule has 3 heterocycles. The first kappa shape index (κ1) is 20.1. The highest BCUT2D eigenvalue weighted by atomic mass is 16.5. The van der Waals surface area contributed by atoms with E-state index in [-0.39, 0.29) is 6.42 Å². The van der Waals surface area contributed by atoms with E-state index in [1.807, 2.05) is 41.1 Å². The van der Waals surface area contributed by atoms with E-state index in [1.165, 1.54) is 0 Å². The zero-order valence-electron chi connectivity index (χ0n) is 16.8. The minimum Gasteiger partial charge on any atom is -0.497 e. The lowest BCUT2D eigenvalue weighted by atomic mass is 9.94. The molecule has 1 atom stereocenters. The van der Waals surface area contributed by atoms with Crippen LogP contribution in [0.2, 0.25) is 0 Å². The number of imidazole rings is 1. The maximum atomic E-state index is 11.4. The van der Waals surface area contributed by atoms with E-state index < -0.39 is 11.9 Å². The molecule has 1 unspecified atom stereocenters. The summed E-state index contributed by atoms with van der Waals surface area (Å²) in [6.45, 7) is 0.437. The molecule has 0 saturated carbocycles. The standard InChI is InChI=1S/C22H21N5O4/c1-30-17-5-2-14(3-6-17)20-8-16(26-31-20)11-27-12-19(25-13-27)18(9-22(28)29)15-4-7-21(23)24-10-15/h2-8,10,12-13,18H,9,11H2,1H3,(H2,23,24)(H,28,29). The van der Waals surface area contributed by atoms with E-state index in [2.05, 4.69) is 15.1 Å². The average molecular weight is 419 g/mol. The van der Waals surface area contributed by atoms with Gasteiger partial charge in [0, 0.05) is 29.9 Å². The van der Waals surface area contributed by atoms with Crippen molar-refractivity contribution in [2.75, 3.05) is 12.8 Å². The summed E-state index contributed by atoms with van der Waals surface area (Å²) in [5.41, 5.74) is 8.63. The summed E-state index contributed by atoms with van der Waals surface area (Å²) in [6, 6.07) is 12.8. The van der Waals surface area contributed by atoms with Crippen molar-refractivity contribution in [3.8, 4) is 17.1 Å². The highest BCUT2D eigenvalue weighted by Crippen LogP contribution is 2.27. The van der Waals surface area contributed by atoms with Gasteiger partial charge in [-0.25, -0.2) is 9.97 Å². The Hall–Kier alpha value is -4.14. The van der Waals surface area contributed by atoms with Crippen molar-refractivity contribution in [2.24, 2.45) is 0 Å². The Bertz CT molecular complexity index is 1170. The third-order valence-electron chi connectivity index (χ3n) is 4.88. The van der Waals surface area contributed by atoms with Gasteiger partial charge in [-0.15, -0.1) is 0 Å². The number of nitrogens with zero attached hydrogens (tertiary/aromatic N) is 4. The van der Waals surface area contributed by atoms with Crippen LogP contribution in [0.15, 0.2) is 65.7 Å². The second-order valence-electron chi connectivity index (χ2n) is 7.05. The number of benzene rings is 1. The SMILES string of the molecule is COc1ccc(-c2cc(Cn3cnc(C(CC(=O)O)c4ccc(N)nc4)c3)no2)cc1. The van der Waals surface area contributed by atoms with Gasteiger partial charge in [-0.3, -0.25) is 4.79 Å². The lowest BCUT2D eigenvalue weighted by Crippen LogP contribution is -2.09. The normalized spacial score (nSPS) is 11.9. The lowest BCUT2D eigenvalue weighted by Gasteiger charge is -2.12. The van der Waals surface area contributed by atoms with Gasteiger partial charge in [0.15, 0.2) is 5.76 Å². The van der Waals surface area contributed by atoms with E-state index in [0.717, 1.165) is 22.6 Å². The third kappa shape index (κ3) is 4.72. The zero-order chi connectivity index (χ0) is 21.8. The van der Waals surface area contributed by atoms with Gasteiger partial charge in [-0.1, -0.05) is 11.2 Å². The predicted octanol–water partition coefficient (Wildman–Crippen LogP) is 3.18. The number of ether oxygens (including phenoxy) is 1. The number of aromatic nitrogens is 4. The van der Waals surface area contributed by atoms with Crippen LogP contribution >= 0.6 is 0 Å². The molecule has 0 aliphatic heterocycles. The van der Waals surface area contributed by atoms with Crippen LogP contribution in [-0.4, -0.2) is 37.9 Å². The van der Waals surface area contributed by atoms with Gasteiger partial charge >= 0.3 is 5.97 Å². The molecular weight excluding hydrogens is 398 g/mol. The number of carboxylic acids is 1. The van der Waals surface area contributed by atoms with Crippen LogP contribution in [-0.2, 0) is 11.3 Å². The molecule has 4 rings (SSSR count). The minimum absolute atomic E-state index is 0.103. The molecule has 3 N–H and O–H groups in total. The predicted molar refractivity (Wildman–Crippen MR) is 113 cm³/mol. The molecule has 4 aromatic rings. The van der Waals surface area contributed by atoms with Gasteiger partial charge in [0.25, 0.3) is 0 Å². The number of hydrogen-bond acceptors (Lipinski definition) is 7. The fourth-order valence-corrected chi connectivity index (χ4v) is 3.30. The smallest absolute Gasteiger partial charge is 0.304 e. The number of aliphatic carboxylic acids is 1. The molecule has 0 amide bonds. The number of nitrogens with two attached hydrogens (primary N) is 1. The number of hydrogen-bond donors (Lipinski definition) is 2. The molecule has 3 aromatic heterocycles. The average Bonchev–Trinajstić information content (AvgIpc) is 3.43. The molecule has 0 radical (unpaired) electrons. The molecule has 0 aliphatic carbocycles. The molecule has 0 bridgehead atoms. The van der Waals surface area contributed by atoms with Gasteiger partial charge in [0.1, 0.15) is 17.3 Å². The number of carboxylic acid groups (broad SMARTS) is 1. The van der Waals surface area contributed by atoms with Crippen molar-refractivity contribution in [3.63, 3.8) is 0 Å². The van der Waals surface area contributed by atoms with Crippen molar-refractivity contribution in [2.45, 2.75) is 18.9 Å². The molecule has 0 aliphatic rings. The summed E-state index contributed by atoms with van der Waals surface area (Å²) in [5, 5.41) is 13.5. The second-order valence-corrected chi connectivity index (χ2v) is 7.05. The van der Waals surface area contributed by atoms with Gasteiger partial charge < -0.3 is 24.7 Å². The molecule has 0 spiro atoms. The first-order valence-electron chi connectivity index (χ1n) is 9.56. The van der Waals surface area contributed by atoms with E-state index in [1.54, 1.807) is 31.8 Å². The maximum absolute atomic E-state index is 11.4. The Morgan fingerprint density at radius 1 is 1.23 bits per heavy atom. The number of pyridine rings is 1. The molecule has 158 valence electrons. The van der Waals surface area contributed by atoms with Crippen LogP contribution in [0.1, 0.15) is 29.3 Å². The molecule has 1 aromatic carbocycles. The van der Waals surface area contributed by atoms with Gasteiger partial charge in [-0.05, 0) is 35.9 Å². The summed E-state index contributed by atoms with van der Waals surface area (Å²) >= 11 is 0. The van der Waals surface area contributed by atoms with E-state index in [0.29, 0.717) is 23.8 Å². The Kier molecular flexibility index (Phi) is 5.65. The molecule has 9 heteroatoms. The lowest BCUT2D eigenvalue weighted by molar-refractivity contribution is -0.137. The van der Waals surface area contributed by atoms with Gasteiger partial charge in [0.2, 0.25) is 0 Å². The van der Waals surface area contributed by atoms with Crippen molar-refractivity contribution in [3.05, 3.63) is 78.1 Å². The number of methoxy groups -OCH3 is 1. The monoisotopic (exact) mass is 419 g/mol.